The number of aromatic nitrogens is 2. The zero-order valence-corrected chi connectivity index (χ0v) is 11.2. The van der Waals surface area contributed by atoms with Gasteiger partial charge in [-0.05, 0) is 44.5 Å². The Morgan fingerprint density at radius 2 is 2.33 bits per heavy atom. The first-order valence-corrected chi connectivity index (χ1v) is 6.95. The quantitative estimate of drug-likeness (QED) is 0.879. The smallest absolute Gasteiger partial charge is 0.111 e. The Morgan fingerprint density at radius 3 is 3.11 bits per heavy atom. The molecule has 3 rings (SSSR count). The lowest BCUT2D eigenvalue weighted by Crippen LogP contribution is -2.34. The fourth-order valence-corrected chi connectivity index (χ4v) is 2.95. The topological polar surface area (TPSA) is 31.9 Å². The second-order valence-corrected chi connectivity index (χ2v) is 5.33. The summed E-state index contributed by atoms with van der Waals surface area (Å²) in [5.74, 6) is 1.75. The zero-order chi connectivity index (χ0) is 12.5. The van der Waals surface area contributed by atoms with Crippen LogP contribution >= 0.6 is 0 Å². The number of nitrogens with zero attached hydrogens (tertiary/aromatic N) is 2. The van der Waals surface area contributed by atoms with Crippen molar-refractivity contribution < 1.29 is 0 Å². The highest BCUT2D eigenvalue weighted by Gasteiger charge is 2.22. The Labute approximate surface area is 108 Å². The summed E-state index contributed by atoms with van der Waals surface area (Å²) in [7, 11) is 0. The Bertz CT molecular complexity index is 544. The number of imidazole rings is 1. The summed E-state index contributed by atoms with van der Waals surface area (Å²) in [6.45, 7) is 7.91. The van der Waals surface area contributed by atoms with Crippen molar-refractivity contribution in [2.45, 2.75) is 32.6 Å². The third kappa shape index (κ3) is 2.03. The molecule has 3 heteroatoms. The van der Waals surface area contributed by atoms with Crippen molar-refractivity contribution in [1.82, 2.24) is 14.9 Å². The molecule has 1 atom stereocenters. The summed E-state index contributed by atoms with van der Waals surface area (Å²) in [6.07, 6.45) is 2.55. The zero-order valence-electron chi connectivity index (χ0n) is 11.2. The standard InChI is InChI=1S/C15H21N3/c1-3-18-9-5-7-12(10-18)15-16-13-8-4-6-11(2)14(13)17-15/h4,6,8,12H,3,5,7,9-10H2,1-2H3,(H,16,17)/t12-/m1/s1. The molecule has 1 aromatic carbocycles. The number of nitrogens with one attached hydrogen (secondary N) is 1. The number of hydrogen-bond acceptors (Lipinski definition) is 2. The van der Waals surface area contributed by atoms with Crippen LogP contribution in [0.4, 0.5) is 0 Å². The summed E-state index contributed by atoms with van der Waals surface area (Å²) in [5, 5.41) is 0. The van der Waals surface area contributed by atoms with Crippen LogP contribution in [-0.2, 0) is 0 Å². The fourth-order valence-electron chi connectivity index (χ4n) is 2.95. The molecule has 0 radical (unpaired) electrons. The van der Waals surface area contributed by atoms with E-state index in [9.17, 15) is 0 Å². The molecule has 1 saturated heterocycles. The van der Waals surface area contributed by atoms with Gasteiger partial charge in [0.25, 0.3) is 0 Å². The second kappa shape index (κ2) is 4.73. The molecule has 1 aromatic heterocycles. The van der Waals surface area contributed by atoms with E-state index in [0.29, 0.717) is 5.92 Å². The molecule has 0 bridgehead atoms. The van der Waals surface area contributed by atoms with Gasteiger partial charge in [-0.15, -0.1) is 0 Å². The van der Waals surface area contributed by atoms with E-state index in [1.807, 2.05) is 0 Å². The van der Waals surface area contributed by atoms with Gasteiger partial charge in [-0.3, -0.25) is 0 Å². The van der Waals surface area contributed by atoms with E-state index in [4.69, 9.17) is 4.98 Å². The normalized spacial score (nSPS) is 21.6. The number of likely N-dealkylation sites (tertiary alicyclic amines) is 1. The molecule has 3 nitrogen and oxygen atoms in total. The van der Waals surface area contributed by atoms with Gasteiger partial charge in [0, 0.05) is 12.5 Å². The minimum atomic E-state index is 0.575. The average Bonchev–Trinajstić information content (AvgIpc) is 2.84. The van der Waals surface area contributed by atoms with Crippen LogP contribution in [-0.4, -0.2) is 34.5 Å². The van der Waals surface area contributed by atoms with Gasteiger partial charge in [-0.25, -0.2) is 4.98 Å². The Kier molecular flexibility index (Phi) is 3.08. The van der Waals surface area contributed by atoms with Crippen molar-refractivity contribution in [1.29, 1.82) is 0 Å². The van der Waals surface area contributed by atoms with Crippen molar-refractivity contribution in [2.24, 2.45) is 0 Å². The van der Waals surface area contributed by atoms with E-state index in [-0.39, 0.29) is 0 Å². The Morgan fingerprint density at radius 1 is 1.44 bits per heavy atom. The predicted octanol–water partition coefficient (Wildman–Crippen LogP) is 3.07. The maximum atomic E-state index is 4.82. The van der Waals surface area contributed by atoms with Crippen LogP contribution < -0.4 is 0 Å². The summed E-state index contributed by atoms with van der Waals surface area (Å²) in [4.78, 5) is 10.9. The van der Waals surface area contributed by atoms with Gasteiger partial charge < -0.3 is 9.88 Å². The molecule has 2 heterocycles. The van der Waals surface area contributed by atoms with E-state index in [1.54, 1.807) is 0 Å². The van der Waals surface area contributed by atoms with Crippen molar-refractivity contribution in [3.8, 4) is 0 Å². The lowest BCUT2D eigenvalue weighted by Gasteiger charge is -2.30. The molecule has 18 heavy (non-hydrogen) atoms. The summed E-state index contributed by atoms with van der Waals surface area (Å²) >= 11 is 0. The van der Waals surface area contributed by atoms with Gasteiger partial charge in [0.2, 0.25) is 0 Å². The highest BCUT2D eigenvalue weighted by Crippen LogP contribution is 2.27. The van der Waals surface area contributed by atoms with Crippen LogP contribution in [0, 0.1) is 6.92 Å². The van der Waals surface area contributed by atoms with Gasteiger partial charge in [-0.2, -0.15) is 0 Å². The third-order valence-electron chi connectivity index (χ3n) is 4.07. The van der Waals surface area contributed by atoms with Crippen molar-refractivity contribution in [3.05, 3.63) is 29.6 Å². The number of para-hydroxylation sites is 1. The molecule has 96 valence electrons. The van der Waals surface area contributed by atoms with Crippen molar-refractivity contribution in [2.75, 3.05) is 19.6 Å². The predicted molar refractivity (Wildman–Crippen MR) is 74.9 cm³/mol. The number of piperidine rings is 1. The number of aryl methyl sites for hydroxylation is 1. The van der Waals surface area contributed by atoms with Gasteiger partial charge in [0.05, 0.1) is 11.0 Å². The molecule has 2 aromatic rings. The SMILES string of the molecule is CCN1CCC[C@@H](c2nc3c(C)cccc3[nH]2)C1. The van der Waals surface area contributed by atoms with Gasteiger partial charge in [0.1, 0.15) is 5.82 Å². The summed E-state index contributed by atoms with van der Waals surface area (Å²) in [6, 6.07) is 6.35. The first kappa shape index (κ1) is 11.7. The van der Waals surface area contributed by atoms with Gasteiger partial charge in [0.15, 0.2) is 0 Å². The second-order valence-electron chi connectivity index (χ2n) is 5.33. The number of benzene rings is 1. The maximum Gasteiger partial charge on any atom is 0.111 e. The minimum absolute atomic E-state index is 0.575. The molecular weight excluding hydrogens is 222 g/mol. The Balaban J connectivity index is 1.92. The molecular formula is C15H21N3. The monoisotopic (exact) mass is 243 g/mol. The molecule has 1 aliphatic heterocycles. The fraction of sp³-hybridized carbons (Fsp3) is 0.533. The van der Waals surface area contributed by atoms with Crippen molar-refractivity contribution in [3.63, 3.8) is 0 Å². The lowest BCUT2D eigenvalue weighted by molar-refractivity contribution is 0.214. The van der Waals surface area contributed by atoms with E-state index in [2.05, 4.69) is 41.9 Å². The van der Waals surface area contributed by atoms with Crippen LogP contribution in [0.15, 0.2) is 18.2 Å². The van der Waals surface area contributed by atoms with E-state index in [0.717, 1.165) is 18.6 Å². The number of aromatic amines is 1. The number of likely N-dealkylation sites (N-methyl/N-ethyl adjacent to an activating group) is 1. The van der Waals surface area contributed by atoms with Crippen LogP contribution in [0.1, 0.15) is 37.1 Å². The van der Waals surface area contributed by atoms with Crippen LogP contribution in [0.2, 0.25) is 0 Å². The summed E-state index contributed by atoms with van der Waals surface area (Å²) in [5.41, 5.74) is 3.58. The molecule has 1 fully saturated rings. The average molecular weight is 243 g/mol. The van der Waals surface area contributed by atoms with E-state index >= 15 is 0 Å². The van der Waals surface area contributed by atoms with E-state index < -0.39 is 0 Å². The van der Waals surface area contributed by atoms with Crippen molar-refractivity contribution >= 4 is 11.0 Å². The minimum Gasteiger partial charge on any atom is -0.342 e. The molecule has 0 saturated carbocycles. The van der Waals surface area contributed by atoms with E-state index in [1.165, 1.54) is 36.3 Å². The first-order chi connectivity index (χ1) is 8.78. The highest BCUT2D eigenvalue weighted by atomic mass is 15.1. The van der Waals surface area contributed by atoms with Crippen LogP contribution in [0.5, 0.6) is 0 Å². The molecule has 0 aliphatic carbocycles. The largest absolute Gasteiger partial charge is 0.342 e. The summed E-state index contributed by atoms with van der Waals surface area (Å²) < 4.78 is 0. The first-order valence-electron chi connectivity index (χ1n) is 6.95. The molecule has 1 N–H and O–H groups in total. The number of hydrogen-bond donors (Lipinski definition) is 1. The van der Waals surface area contributed by atoms with Crippen LogP contribution in [0.25, 0.3) is 11.0 Å². The van der Waals surface area contributed by atoms with Gasteiger partial charge in [-0.1, -0.05) is 19.1 Å². The highest BCUT2D eigenvalue weighted by molar-refractivity contribution is 5.78. The lowest BCUT2D eigenvalue weighted by atomic mass is 9.97. The molecule has 0 amide bonds. The van der Waals surface area contributed by atoms with Gasteiger partial charge >= 0.3 is 0 Å². The number of H-pyrrole nitrogens is 1. The molecule has 1 aliphatic rings. The Hall–Kier alpha value is -1.35. The molecule has 0 unspecified atom stereocenters. The maximum absolute atomic E-state index is 4.82. The third-order valence-corrected chi connectivity index (χ3v) is 4.07. The van der Waals surface area contributed by atoms with Crippen LogP contribution in [0.3, 0.4) is 0 Å². The number of fused-ring (bicyclic) bond motifs is 1. The molecule has 0 spiro atoms. The number of rotatable bonds is 2.